The number of imidazole rings is 1. The Morgan fingerprint density at radius 2 is 1.37 bits per heavy atom. The number of aromatic hydroxyl groups is 1. The number of phenols is 1. The van der Waals surface area contributed by atoms with Crippen LogP contribution < -0.4 is 0 Å². The molecule has 0 radical (unpaired) electrons. The second kappa shape index (κ2) is 8.54. The van der Waals surface area contributed by atoms with E-state index in [9.17, 15) is 5.11 Å². The first-order valence-corrected chi connectivity index (χ1v) is 12.2. The van der Waals surface area contributed by atoms with E-state index >= 15 is 0 Å². The molecule has 0 aliphatic carbocycles. The Morgan fingerprint density at radius 3 is 2.24 bits per heavy atom. The maximum atomic E-state index is 10.8. The molecule has 4 aromatic heterocycles. The topological polar surface area (TPSA) is 55.4 Å². The van der Waals surface area contributed by atoms with Gasteiger partial charge in [0.25, 0.3) is 0 Å². The molecule has 0 bridgehead atoms. The molecule has 0 saturated carbocycles. The fraction of sp³-hybridized carbons (Fsp3) is 0. The van der Waals surface area contributed by atoms with Crippen LogP contribution in [0.4, 0.5) is 0 Å². The molecule has 0 aliphatic heterocycles. The maximum Gasteiger partial charge on any atom is 0.144 e. The molecule has 0 aliphatic rings. The van der Waals surface area contributed by atoms with E-state index in [1.807, 2.05) is 60.9 Å². The summed E-state index contributed by atoms with van der Waals surface area (Å²) in [6, 6.07) is 36.0. The van der Waals surface area contributed by atoms with Gasteiger partial charge >= 0.3 is 0 Å². The molecule has 4 aromatic carbocycles. The van der Waals surface area contributed by atoms with Crippen molar-refractivity contribution in [2.24, 2.45) is 0 Å². The molecule has 0 unspecified atom stereocenters. The number of hydrogen-bond donors (Lipinski definition) is 1. The minimum absolute atomic E-state index is 0. The Labute approximate surface area is 231 Å². The summed E-state index contributed by atoms with van der Waals surface area (Å²) in [6.07, 6.45) is 3.86. The average Bonchev–Trinajstić information content (AvgIpc) is 3.54. The van der Waals surface area contributed by atoms with Crippen molar-refractivity contribution in [1.29, 1.82) is 0 Å². The molecule has 0 amide bonds. The van der Waals surface area contributed by atoms with Crippen molar-refractivity contribution >= 4 is 49.3 Å². The van der Waals surface area contributed by atoms with Gasteiger partial charge in [-0.1, -0.05) is 48.5 Å². The molecule has 5 nitrogen and oxygen atoms in total. The molecule has 4 heterocycles. The Morgan fingerprint density at radius 1 is 0.658 bits per heavy atom. The van der Waals surface area contributed by atoms with Crippen molar-refractivity contribution in [2.45, 2.75) is 0 Å². The smallest absolute Gasteiger partial charge is 0.144 e. The quantitative estimate of drug-likeness (QED) is 0.155. The summed E-state index contributed by atoms with van der Waals surface area (Å²) < 4.78 is 4.22. The first-order chi connectivity index (χ1) is 18.3. The largest absolute Gasteiger partial charge is 0.507 e. The summed E-state index contributed by atoms with van der Waals surface area (Å²) in [7, 11) is 0. The van der Waals surface area contributed by atoms with Gasteiger partial charge in [0, 0.05) is 49.1 Å². The second-order valence-corrected chi connectivity index (χ2v) is 9.21. The number of benzene rings is 4. The normalized spacial score (nSPS) is 11.6. The zero-order valence-corrected chi connectivity index (χ0v) is 22.2. The third-order valence-corrected chi connectivity index (χ3v) is 7.16. The van der Waals surface area contributed by atoms with E-state index in [-0.39, 0.29) is 26.8 Å². The molecule has 6 heteroatoms. The van der Waals surface area contributed by atoms with Gasteiger partial charge in [0.1, 0.15) is 17.0 Å². The van der Waals surface area contributed by atoms with Crippen molar-refractivity contribution in [1.82, 2.24) is 18.9 Å². The number of fused-ring (bicyclic) bond motifs is 9. The third-order valence-electron chi connectivity index (χ3n) is 7.16. The summed E-state index contributed by atoms with van der Waals surface area (Å²) >= 11 is 0. The summed E-state index contributed by atoms with van der Waals surface area (Å²) in [5.41, 5.74) is 6.30. The van der Waals surface area contributed by atoms with Gasteiger partial charge in [-0.15, -0.1) is 29.8 Å². The van der Waals surface area contributed by atoms with Gasteiger partial charge in [-0.2, -0.15) is 0 Å². The Balaban J connectivity index is 0.00000242. The molecule has 0 atom stereocenters. The van der Waals surface area contributed by atoms with Gasteiger partial charge in [0.05, 0.1) is 16.4 Å². The zero-order valence-electron chi connectivity index (χ0n) is 19.9. The molecule has 8 rings (SSSR count). The second-order valence-electron chi connectivity index (χ2n) is 9.21. The molecule has 38 heavy (non-hydrogen) atoms. The predicted octanol–water partition coefficient (Wildman–Crippen LogP) is 7.30. The van der Waals surface area contributed by atoms with Crippen LogP contribution in [0, 0.1) is 6.07 Å². The average molecular weight is 671 g/mol. The van der Waals surface area contributed by atoms with Crippen LogP contribution in [-0.2, 0) is 21.1 Å². The van der Waals surface area contributed by atoms with Crippen molar-refractivity contribution in [3.8, 4) is 22.7 Å². The molecule has 0 fully saturated rings. The van der Waals surface area contributed by atoms with Gasteiger partial charge in [-0.05, 0) is 47.6 Å². The number of nitrogens with zero attached hydrogens (tertiary/aromatic N) is 4. The summed E-state index contributed by atoms with van der Waals surface area (Å²) in [5, 5.41) is 15.9. The summed E-state index contributed by atoms with van der Waals surface area (Å²) in [5.74, 6) is 0.222. The number of phenolic OH excluding ortho intramolecular Hbond substituents is 1. The number of para-hydroxylation sites is 2. The summed E-state index contributed by atoms with van der Waals surface area (Å²) in [6.45, 7) is 0. The molecule has 1 N–H and O–H groups in total. The minimum atomic E-state index is 0. The number of aromatic nitrogens is 4. The molecular weight excluding hydrogens is 651 g/mol. The Bertz CT molecular complexity index is 2120. The molecule has 0 spiro atoms. The molecule has 0 saturated heterocycles. The zero-order chi connectivity index (χ0) is 24.5. The van der Waals surface area contributed by atoms with Gasteiger partial charge < -0.3 is 14.1 Å². The number of hydrogen-bond acceptors (Lipinski definition) is 3. The van der Waals surface area contributed by atoms with Crippen molar-refractivity contribution in [3.05, 3.63) is 116 Å². The summed E-state index contributed by atoms with van der Waals surface area (Å²) in [4.78, 5) is 9.72. The van der Waals surface area contributed by atoms with Crippen LogP contribution in [-0.4, -0.2) is 24.0 Å². The standard InChI is InChI=1S/C32H19N4O.Pt/c37-29-16-6-12-24-22-10-1-3-14-27(22)35-19-26(34-32(35)30(24)29)20-8-5-9-21(18-20)36-28-15-4-2-11-23(28)25-13-7-17-33-31(25)36;/h1-17,19,37H;/q-1;. The van der Waals surface area contributed by atoms with Crippen LogP contribution in [0.1, 0.15) is 0 Å². The van der Waals surface area contributed by atoms with Crippen LogP contribution in [0.3, 0.4) is 0 Å². The first-order valence-electron chi connectivity index (χ1n) is 12.2. The minimum Gasteiger partial charge on any atom is -0.507 e. The van der Waals surface area contributed by atoms with E-state index in [2.05, 4.69) is 57.5 Å². The SMILES string of the molecule is Oc1cccc2c3ccccc3n3cc(-c4[c-]c(-n5c6ccccc6c6cccnc65)ccc4)nc3c12.[Pt]. The van der Waals surface area contributed by atoms with Crippen molar-refractivity contribution < 1.29 is 26.2 Å². The van der Waals surface area contributed by atoms with E-state index in [4.69, 9.17) is 9.97 Å². The monoisotopic (exact) mass is 670 g/mol. The predicted molar refractivity (Wildman–Crippen MR) is 148 cm³/mol. The van der Waals surface area contributed by atoms with Crippen molar-refractivity contribution in [2.75, 3.05) is 0 Å². The van der Waals surface area contributed by atoms with E-state index in [0.717, 1.165) is 66.2 Å². The Kier molecular flexibility index (Phi) is 5.10. The Hall–Kier alpha value is -4.47. The number of pyridine rings is 2. The van der Waals surface area contributed by atoms with E-state index in [0.29, 0.717) is 0 Å². The molecular formula is C32H19N4OPt-. The van der Waals surface area contributed by atoms with Gasteiger partial charge in [-0.3, -0.25) is 4.98 Å². The fourth-order valence-electron chi connectivity index (χ4n) is 5.56. The van der Waals surface area contributed by atoms with E-state index in [1.54, 1.807) is 6.07 Å². The van der Waals surface area contributed by atoms with Crippen LogP contribution in [0.25, 0.3) is 66.2 Å². The van der Waals surface area contributed by atoms with Crippen LogP contribution >= 0.6 is 0 Å². The molecule has 184 valence electrons. The number of rotatable bonds is 2. The van der Waals surface area contributed by atoms with Crippen LogP contribution in [0.5, 0.6) is 5.75 Å². The third kappa shape index (κ3) is 3.15. The van der Waals surface area contributed by atoms with E-state index in [1.165, 1.54) is 0 Å². The first kappa shape index (κ1) is 22.7. The van der Waals surface area contributed by atoms with Gasteiger partial charge in [-0.25, -0.2) is 4.98 Å². The fourth-order valence-corrected chi connectivity index (χ4v) is 5.56. The van der Waals surface area contributed by atoms with Gasteiger partial charge in [0.2, 0.25) is 0 Å². The van der Waals surface area contributed by atoms with Crippen LogP contribution in [0.2, 0.25) is 0 Å². The van der Waals surface area contributed by atoms with Gasteiger partial charge in [0.15, 0.2) is 0 Å². The molecule has 8 aromatic rings. The maximum absolute atomic E-state index is 10.8. The van der Waals surface area contributed by atoms with E-state index < -0.39 is 0 Å². The van der Waals surface area contributed by atoms with Crippen LogP contribution in [0.15, 0.2) is 109 Å². The van der Waals surface area contributed by atoms with Crippen molar-refractivity contribution in [3.63, 3.8) is 0 Å².